The Morgan fingerprint density at radius 1 is 1.30 bits per heavy atom. The Morgan fingerprint density at radius 3 is 2.74 bits per heavy atom. The summed E-state index contributed by atoms with van der Waals surface area (Å²) in [7, 11) is 0. The molecule has 0 aromatic heterocycles. The Morgan fingerprint density at radius 2 is 2.04 bits per heavy atom. The number of ether oxygens (including phenoxy) is 3. The molecule has 2 aliphatic carbocycles. The van der Waals surface area contributed by atoms with Gasteiger partial charge in [-0.1, -0.05) is 12.5 Å². The molecule has 148 valence electrons. The molecular weight excluding hydrogens is 344 g/mol. The zero-order valence-corrected chi connectivity index (χ0v) is 17.0. The van der Waals surface area contributed by atoms with Crippen molar-refractivity contribution in [2.24, 2.45) is 11.3 Å². The first-order valence-electron chi connectivity index (χ1n) is 10.1. The molecule has 2 fully saturated rings. The minimum absolute atomic E-state index is 0.123. The van der Waals surface area contributed by atoms with Crippen LogP contribution in [-0.4, -0.2) is 35.9 Å². The predicted octanol–water partition coefficient (Wildman–Crippen LogP) is 3.86. The van der Waals surface area contributed by atoms with Crippen LogP contribution in [0, 0.1) is 11.3 Å². The number of epoxide rings is 1. The van der Waals surface area contributed by atoms with Crippen molar-refractivity contribution < 1.29 is 23.8 Å². The van der Waals surface area contributed by atoms with Crippen molar-refractivity contribution >= 4 is 11.9 Å². The van der Waals surface area contributed by atoms with E-state index in [1.807, 2.05) is 6.92 Å². The third kappa shape index (κ3) is 2.95. The number of esters is 2. The van der Waals surface area contributed by atoms with E-state index in [-0.39, 0.29) is 47.2 Å². The average molecular weight is 374 g/mol. The Hall–Kier alpha value is -1.62. The summed E-state index contributed by atoms with van der Waals surface area (Å²) in [5, 5.41) is 0. The summed E-state index contributed by atoms with van der Waals surface area (Å²) in [4.78, 5) is 24.0. The van der Waals surface area contributed by atoms with Crippen molar-refractivity contribution in [3.63, 3.8) is 0 Å². The Balaban J connectivity index is 1.77. The maximum Gasteiger partial charge on any atom is 0.334 e. The summed E-state index contributed by atoms with van der Waals surface area (Å²) in [6.07, 6.45) is 6.25. The molecule has 0 bridgehead atoms. The van der Waals surface area contributed by atoms with Crippen LogP contribution >= 0.6 is 0 Å². The second-order valence-corrected chi connectivity index (χ2v) is 9.23. The molecule has 0 radical (unpaired) electrons. The first kappa shape index (κ1) is 18.7. The highest BCUT2D eigenvalue weighted by Crippen LogP contribution is 2.62. The molecule has 5 nitrogen and oxygen atoms in total. The van der Waals surface area contributed by atoms with Gasteiger partial charge in [-0.3, -0.25) is 4.79 Å². The van der Waals surface area contributed by atoms with Crippen molar-refractivity contribution in [2.45, 2.75) is 90.6 Å². The SMILES string of the molecule is CC(=O)OC1CC2OC2(C)C2CC3=C(C)C(=O)OC3C=C(C)CCCC12C. The van der Waals surface area contributed by atoms with Gasteiger partial charge in [0.1, 0.15) is 12.2 Å². The fourth-order valence-electron chi connectivity index (χ4n) is 5.69. The molecular formula is C22H30O5. The van der Waals surface area contributed by atoms with Crippen LogP contribution in [0.1, 0.15) is 66.7 Å². The van der Waals surface area contributed by atoms with E-state index in [4.69, 9.17) is 14.2 Å². The third-order valence-corrected chi connectivity index (χ3v) is 7.45. The summed E-state index contributed by atoms with van der Waals surface area (Å²) in [6, 6.07) is 0. The molecule has 2 aliphatic heterocycles. The predicted molar refractivity (Wildman–Crippen MR) is 99.9 cm³/mol. The second-order valence-electron chi connectivity index (χ2n) is 9.23. The van der Waals surface area contributed by atoms with Gasteiger partial charge in [0, 0.05) is 30.3 Å². The molecule has 27 heavy (non-hydrogen) atoms. The molecule has 1 saturated heterocycles. The Bertz CT molecular complexity index is 750. The fraction of sp³-hybridized carbons (Fsp3) is 0.727. The van der Waals surface area contributed by atoms with E-state index >= 15 is 0 Å². The lowest BCUT2D eigenvalue weighted by atomic mass is 9.57. The number of rotatable bonds is 1. The van der Waals surface area contributed by atoms with E-state index in [0.29, 0.717) is 0 Å². The van der Waals surface area contributed by atoms with Gasteiger partial charge in [0.05, 0.1) is 11.7 Å². The van der Waals surface area contributed by atoms with Gasteiger partial charge in [0.15, 0.2) is 0 Å². The topological polar surface area (TPSA) is 65.1 Å². The second kappa shape index (κ2) is 6.20. The number of fused-ring (bicyclic) bond motifs is 4. The lowest BCUT2D eigenvalue weighted by Gasteiger charge is -2.48. The van der Waals surface area contributed by atoms with E-state index in [1.165, 1.54) is 12.5 Å². The van der Waals surface area contributed by atoms with Gasteiger partial charge >= 0.3 is 11.9 Å². The molecule has 1 saturated carbocycles. The van der Waals surface area contributed by atoms with Crippen molar-refractivity contribution in [2.75, 3.05) is 0 Å². The quantitative estimate of drug-likeness (QED) is 0.396. The largest absolute Gasteiger partial charge is 0.462 e. The molecule has 2 heterocycles. The van der Waals surface area contributed by atoms with Crippen molar-refractivity contribution in [1.29, 1.82) is 0 Å². The van der Waals surface area contributed by atoms with Gasteiger partial charge in [0.25, 0.3) is 0 Å². The lowest BCUT2D eigenvalue weighted by Crippen LogP contribution is -2.52. The molecule has 0 amide bonds. The summed E-state index contributed by atoms with van der Waals surface area (Å²) < 4.78 is 17.6. The van der Waals surface area contributed by atoms with E-state index in [2.05, 4.69) is 26.8 Å². The maximum absolute atomic E-state index is 12.3. The summed E-state index contributed by atoms with van der Waals surface area (Å²) in [6.45, 7) is 9.88. The molecule has 0 spiro atoms. The van der Waals surface area contributed by atoms with Gasteiger partial charge in [-0.05, 0) is 58.1 Å². The van der Waals surface area contributed by atoms with Crippen LogP contribution in [0.3, 0.4) is 0 Å². The van der Waals surface area contributed by atoms with Crippen LogP contribution in [0.2, 0.25) is 0 Å². The molecule has 0 aromatic rings. The van der Waals surface area contributed by atoms with Crippen LogP contribution in [0.15, 0.2) is 22.8 Å². The molecule has 4 rings (SSSR count). The highest BCUT2D eigenvalue weighted by atomic mass is 16.6. The minimum atomic E-state index is -0.269. The van der Waals surface area contributed by atoms with Crippen LogP contribution in [0.4, 0.5) is 0 Å². The zero-order chi connectivity index (χ0) is 19.6. The van der Waals surface area contributed by atoms with Crippen molar-refractivity contribution in [1.82, 2.24) is 0 Å². The van der Waals surface area contributed by atoms with Crippen LogP contribution in [0.5, 0.6) is 0 Å². The Labute approximate surface area is 161 Å². The minimum Gasteiger partial charge on any atom is -0.462 e. The van der Waals surface area contributed by atoms with Crippen LogP contribution in [-0.2, 0) is 23.8 Å². The van der Waals surface area contributed by atoms with Gasteiger partial charge in [0.2, 0.25) is 0 Å². The molecule has 0 aromatic carbocycles. The zero-order valence-electron chi connectivity index (χ0n) is 17.0. The lowest BCUT2D eigenvalue weighted by molar-refractivity contribution is -0.161. The number of hydrogen-bond acceptors (Lipinski definition) is 5. The number of carbonyl (C=O) groups is 2. The average Bonchev–Trinajstić information content (AvgIpc) is 3.15. The van der Waals surface area contributed by atoms with Crippen LogP contribution < -0.4 is 0 Å². The van der Waals surface area contributed by atoms with Gasteiger partial charge in [-0.15, -0.1) is 0 Å². The normalized spacial score (nSPS) is 43.7. The standard InChI is InChI=1S/C22H30O5/c1-12-7-6-8-21(4)17(10-15-13(2)20(24)26-16(15)9-12)22(5)19(27-22)11-18(21)25-14(3)23/h9,16-19H,6-8,10-11H2,1-5H3. The van der Waals surface area contributed by atoms with E-state index in [9.17, 15) is 9.59 Å². The maximum atomic E-state index is 12.3. The molecule has 0 N–H and O–H groups in total. The highest BCUT2D eigenvalue weighted by molar-refractivity contribution is 5.92. The number of allylic oxidation sites excluding steroid dienone is 1. The van der Waals surface area contributed by atoms with E-state index in [1.54, 1.807) is 0 Å². The van der Waals surface area contributed by atoms with Crippen LogP contribution in [0.25, 0.3) is 0 Å². The first-order chi connectivity index (χ1) is 12.6. The molecule has 4 aliphatic rings. The van der Waals surface area contributed by atoms with Gasteiger partial charge < -0.3 is 14.2 Å². The Kier molecular flexibility index (Phi) is 4.30. The summed E-state index contributed by atoms with van der Waals surface area (Å²) in [5.41, 5.74) is 2.63. The number of hydrogen-bond donors (Lipinski definition) is 0. The molecule has 6 unspecified atom stereocenters. The van der Waals surface area contributed by atoms with E-state index in [0.717, 1.165) is 43.3 Å². The third-order valence-electron chi connectivity index (χ3n) is 7.45. The molecule has 6 atom stereocenters. The first-order valence-corrected chi connectivity index (χ1v) is 10.1. The van der Waals surface area contributed by atoms with Crippen molar-refractivity contribution in [3.05, 3.63) is 22.8 Å². The number of carbonyl (C=O) groups excluding carboxylic acids is 2. The van der Waals surface area contributed by atoms with Crippen molar-refractivity contribution in [3.8, 4) is 0 Å². The van der Waals surface area contributed by atoms with Gasteiger partial charge in [-0.2, -0.15) is 0 Å². The summed E-state index contributed by atoms with van der Waals surface area (Å²) >= 11 is 0. The van der Waals surface area contributed by atoms with Gasteiger partial charge in [-0.25, -0.2) is 4.79 Å². The summed E-state index contributed by atoms with van der Waals surface area (Å²) in [5.74, 6) is -0.266. The molecule has 5 heteroatoms. The van der Waals surface area contributed by atoms with E-state index < -0.39 is 0 Å². The highest BCUT2D eigenvalue weighted by Gasteiger charge is 2.69. The monoisotopic (exact) mass is 374 g/mol. The smallest absolute Gasteiger partial charge is 0.334 e. The fourth-order valence-corrected chi connectivity index (χ4v) is 5.69.